The molecule has 0 aliphatic heterocycles. The number of aliphatic imine (C=N–C) groups is 1. The van der Waals surface area contributed by atoms with Crippen LogP contribution < -0.4 is 21.7 Å². The number of halogens is 3. The molecule has 0 aromatic heterocycles. The molecule has 14 heteroatoms. The minimum Gasteiger partial charge on any atom is -0.508 e. The minimum atomic E-state index is -5.08. The number of nitrogens with two attached hydrogens (primary N) is 1. The molecule has 0 saturated carbocycles. The zero-order chi connectivity index (χ0) is 35.5. The van der Waals surface area contributed by atoms with Crippen LogP contribution >= 0.6 is 0 Å². The predicted molar refractivity (Wildman–Crippen MR) is 174 cm³/mol. The maximum atomic E-state index is 13.7. The van der Waals surface area contributed by atoms with Crippen LogP contribution in [-0.2, 0) is 25.7 Å². The summed E-state index contributed by atoms with van der Waals surface area (Å²) in [6.45, 7) is 2.52. The molecule has 3 aromatic carbocycles. The van der Waals surface area contributed by atoms with Crippen LogP contribution in [0.4, 0.5) is 13.2 Å². The van der Waals surface area contributed by atoms with Crippen molar-refractivity contribution in [1.82, 2.24) is 16.0 Å². The van der Waals surface area contributed by atoms with Gasteiger partial charge in [-0.3, -0.25) is 24.7 Å². The molecule has 3 aromatic rings. The van der Waals surface area contributed by atoms with Gasteiger partial charge in [0.1, 0.15) is 11.8 Å². The summed E-state index contributed by atoms with van der Waals surface area (Å²) in [5.41, 5.74) is 8.29. The van der Waals surface area contributed by atoms with Gasteiger partial charge in [0.25, 0.3) is 0 Å². The van der Waals surface area contributed by atoms with Gasteiger partial charge in [0.05, 0.1) is 5.92 Å². The molecule has 0 radical (unpaired) electrons. The number of carbonyl (C=O) groups is 4. The Morgan fingerprint density at radius 1 is 0.854 bits per heavy atom. The van der Waals surface area contributed by atoms with Gasteiger partial charge in [0, 0.05) is 19.5 Å². The Morgan fingerprint density at radius 2 is 1.40 bits per heavy atom. The Labute approximate surface area is 276 Å². The average Bonchev–Trinajstić information content (AvgIpc) is 3.05. The molecule has 1 atom stereocenters. The Balaban J connectivity index is 0.00000103. The fourth-order valence-corrected chi connectivity index (χ4v) is 4.31. The number of unbranched alkanes of at least 4 members (excludes halogenated alkanes) is 1. The summed E-state index contributed by atoms with van der Waals surface area (Å²) in [5.74, 6) is -3.99. The van der Waals surface area contributed by atoms with Gasteiger partial charge < -0.3 is 26.6 Å². The molecule has 0 unspecified atom stereocenters. The summed E-state index contributed by atoms with van der Waals surface area (Å²) in [5, 5.41) is 25.1. The number of carbonyl (C=O) groups excluding carboxylic acids is 3. The van der Waals surface area contributed by atoms with Gasteiger partial charge in [-0.2, -0.15) is 13.2 Å². The first-order valence-corrected chi connectivity index (χ1v) is 15.2. The van der Waals surface area contributed by atoms with Crippen LogP contribution in [0, 0.1) is 0 Å². The lowest BCUT2D eigenvalue weighted by Gasteiger charge is -2.23. The Hall–Kier alpha value is -5.40. The van der Waals surface area contributed by atoms with Crippen LogP contribution in [-0.4, -0.2) is 58.6 Å². The lowest BCUT2D eigenvalue weighted by atomic mass is 9.90. The van der Waals surface area contributed by atoms with E-state index in [1.807, 2.05) is 67.6 Å². The number of phenols is 1. The zero-order valence-electron chi connectivity index (χ0n) is 26.4. The van der Waals surface area contributed by atoms with E-state index in [-0.39, 0.29) is 42.5 Å². The van der Waals surface area contributed by atoms with E-state index >= 15 is 0 Å². The van der Waals surface area contributed by atoms with Gasteiger partial charge in [0.2, 0.25) is 17.7 Å². The Bertz CT molecular complexity index is 1450. The largest absolute Gasteiger partial charge is 0.508 e. The molecule has 3 rings (SSSR count). The quantitative estimate of drug-likeness (QED) is 0.0836. The molecule has 0 saturated heterocycles. The van der Waals surface area contributed by atoms with Gasteiger partial charge in [-0.25, -0.2) is 4.79 Å². The number of carboxylic acid groups (broad SMARTS) is 1. The number of guanidine groups is 1. The monoisotopic (exact) mass is 671 g/mol. The topological polar surface area (TPSA) is 183 Å². The first kappa shape index (κ1) is 38.8. The lowest BCUT2D eigenvalue weighted by Crippen LogP contribution is -2.48. The van der Waals surface area contributed by atoms with Gasteiger partial charge in [-0.1, -0.05) is 86.1 Å². The van der Waals surface area contributed by atoms with Crippen molar-refractivity contribution in [3.05, 3.63) is 102 Å². The molecule has 0 aliphatic rings. The van der Waals surface area contributed by atoms with E-state index in [4.69, 9.17) is 15.6 Å². The van der Waals surface area contributed by atoms with Crippen LogP contribution in [0.25, 0.3) is 0 Å². The molecule has 258 valence electrons. The highest BCUT2D eigenvalue weighted by Crippen LogP contribution is 2.25. The van der Waals surface area contributed by atoms with Crippen molar-refractivity contribution in [1.29, 1.82) is 0 Å². The second-order valence-corrected chi connectivity index (χ2v) is 10.6. The minimum absolute atomic E-state index is 0.0386. The number of benzene rings is 3. The molecular weight excluding hydrogens is 631 g/mol. The summed E-state index contributed by atoms with van der Waals surface area (Å²) in [4.78, 5) is 52.0. The van der Waals surface area contributed by atoms with Crippen molar-refractivity contribution in [3.63, 3.8) is 0 Å². The number of hydrogen-bond donors (Lipinski definition) is 6. The van der Waals surface area contributed by atoms with E-state index in [0.717, 1.165) is 29.5 Å². The van der Waals surface area contributed by atoms with Gasteiger partial charge in [-0.05, 0) is 48.1 Å². The number of aromatic hydroxyl groups is 1. The van der Waals surface area contributed by atoms with Crippen molar-refractivity contribution in [2.24, 2.45) is 10.7 Å². The summed E-state index contributed by atoms with van der Waals surface area (Å²) in [6, 6.07) is 24.6. The SMILES string of the molecule is CCCCC(=O)NC(N)=NCCC[C@@H](NC(=O)C(c1ccccc1)c1ccccc1)C(=O)NCc1ccc(O)cc1.O=C(O)C(F)(F)F. The normalized spacial score (nSPS) is 11.9. The number of phenolic OH excluding ortho intramolecular Hbond substituents is 1. The predicted octanol–water partition coefficient (Wildman–Crippen LogP) is 4.36. The molecule has 0 bridgehead atoms. The Morgan fingerprint density at radius 3 is 1.90 bits per heavy atom. The van der Waals surface area contributed by atoms with Crippen molar-refractivity contribution in [2.45, 2.75) is 63.7 Å². The van der Waals surface area contributed by atoms with Crippen molar-refractivity contribution < 1.29 is 42.6 Å². The standard InChI is InChI=1S/C32H39N5O4.C2HF3O2/c1-2-3-16-28(39)37-32(33)34-21-10-15-27(30(40)35-22-23-17-19-26(38)20-18-23)36-31(41)29(24-11-6-4-7-12-24)25-13-8-5-9-14-25;3-2(4,5)1(6)7/h4-9,11-14,17-20,27,29,38H,2-3,10,15-16,21-22H2,1H3,(H,35,40)(H,36,41)(H3,33,34,37,39);(H,6,7)/t27-;/m1./s1. The number of aliphatic carboxylic acids is 1. The lowest BCUT2D eigenvalue weighted by molar-refractivity contribution is -0.192. The number of rotatable bonds is 14. The zero-order valence-corrected chi connectivity index (χ0v) is 26.4. The third-order valence-corrected chi connectivity index (χ3v) is 6.76. The van der Waals surface area contributed by atoms with E-state index in [9.17, 15) is 32.7 Å². The van der Waals surface area contributed by atoms with Crippen molar-refractivity contribution in [3.8, 4) is 5.75 Å². The summed E-state index contributed by atoms with van der Waals surface area (Å²) < 4.78 is 31.7. The van der Waals surface area contributed by atoms with E-state index in [1.54, 1.807) is 24.3 Å². The summed E-state index contributed by atoms with van der Waals surface area (Å²) in [7, 11) is 0. The molecule has 11 nitrogen and oxygen atoms in total. The highest BCUT2D eigenvalue weighted by molar-refractivity contribution is 5.96. The molecular formula is C34H40F3N5O6. The highest BCUT2D eigenvalue weighted by atomic mass is 19.4. The number of hydrogen-bond acceptors (Lipinski definition) is 6. The summed E-state index contributed by atoms with van der Waals surface area (Å²) in [6.07, 6.45) is -2.27. The van der Waals surface area contributed by atoms with Crippen LogP contribution in [0.15, 0.2) is 89.9 Å². The number of nitrogens with one attached hydrogen (secondary N) is 3. The second kappa shape index (κ2) is 20.0. The molecule has 0 aliphatic carbocycles. The smallest absolute Gasteiger partial charge is 0.490 e. The fraction of sp³-hybridized carbons (Fsp3) is 0.324. The van der Waals surface area contributed by atoms with Gasteiger partial charge in [0.15, 0.2) is 5.96 Å². The molecule has 0 heterocycles. The number of nitrogens with zero attached hydrogens (tertiary/aromatic N) is 1. The molecule has 3 amide bonds. The summed E-state index contributed by atoms with van der Waals surface area (Å²) >= 11 is 0. The van der Waals surface area contributed by atoms with Crippen LogP contribution in [0.2, 0.25) is 0 Å². The first-order valence-electron chi connectivity index (χ1n) is 15.2. The number of carboxylic acids is 1. The van der Waals surface area contributed by atoms with Crippen LogP contribution in [0.5, 0.6) is 5.75 Å². The van der Waals surface area contributed by atoms with Gasteiger partial charge >= 0.3 is 12.1 Å². The Kier molecular flexibility index (Phi) is 16.1. The second-order valence-electron chi connectivity index (χ2n) is 10.6. The van der Waals surface area contributed by atoms with Crippen LogP contribution in [0.1, 0.15) is 61.6 Å². The van der Waals surface area contributed by atoms with Crippen molar-refractivity contribution >= 4 is 29.7 Å². The van der Waals surface area contributed by atoms with Gasteiger partial charge in [-0.15, -0.1) is 0 Å². The van der Waals surface area contributed by atoms with Crippen molar-refractivity contribution in [2.75, 3.05) is 6.54 Å². The highest BCUT2D eigenvalue weighted by Gasteiger charge is 2.38. The molecule has 48 heavy (non-hydrogen) atoms. The average molecular weight is 672 g/mol. The maximum absolute atomic E-state index is 13.7. The molecule has 7 N–H and O–H groups in total. The molecule has 0 fully saturated rings. The maximum Gasteiger partial charge on any atom is 0.490 e. The number of amides is 3. The molecule has 0 spiro atoms. The van der Waals surface area contributed by atoms with E-state index in [0.29, 0.717) is 19.3 Å². The third-order valence-electron chi connectivity index (χ3n) is 6.76. The van der Waals surface area contributed by atoms with E-state index in [2.05, 4.69) is 20.9 Å². The number of alkyl halides is 3. The first-order chi connectivity index (χ1) is 22.8. The fourth-order valence-electron chi connectivity index (χ4n) is 4.31. The van der Waals surface area contributed by atoms with E-state index in [1.165, 1.54) is 0 Å². The van der Waals surface area contributed by atoms with E-state index < -0.39 is 24.1 Å². The van der Waals surface area contributed by atoms with Crippen LogP contribution in [0.3, 0.4) is 0 Å². The third kappa shape index (κ3) is 14.4.